The molecule has 0 aliphatic heterocycles. The number of nitrogens with one attached hydrogen (secondary N) is 1. The van der Waals surface area contributed by atoms with Crippen LogP contribution in [-0.2, 0) is 9.59 Å². The molecule has 0 saturated carbocycles. The van der Waals surface area contributed by atoms with E-state index in [4.69, 9.17) is 4.74 Å². The van der Waals surface area contributed by atoms with E-state index in [1.807, 2.05) is 50.4 Å². The minimum atomic E-state index is -0.108. The first-order valence-corrected chi connectivity index (χ1v) is 9.79. The standard InChI is InChI=1S/C20H24N2O3S/c1-15(2)22(17-7-5-4-6-8-17)20(24)13-25-18-11-9-16(10-12-18)21-19(23)14-26-3/h4-12,15H,13-14H2,1-3H3,(H,21,23). The Morgan fingerprint density at radius 1 is 1.08 bits per heavy atom. The van der Waals surface area contributed by atoms with E-state index in [2.05, 4.69) is 5.32 Å². The highest BCUT2D eigenvalue weighted by Crippen LogP contribution is 2.19. The van der Waals surface area contributed by atoms with Crippen molar-refractivity contribution in [2.75, 3.05) is 28.8 Å². The second-order valence-electron chi connectivity index (χ2n) is 5.99. The summed E-state index contributed by atoms with van der Waals surface area (Å²) in [4.78, 5) is 25.9. The molecular formula is C20H24N2O3S. The molecule has 0 aliphatic carbocycles. The van der Waals surface area contributed by atoms with Crippen LogP contribution in [0.15, 0.2) is 54.6 Å². The van der Waals surface area contributed by atoms with Crippen molar-refractivity contribution in [2.24, 2.45) is 0 Å². The summed E-state index contributed by atoms with van der Waals surface area (Å²) in [6.45, 7) is 3.89. The maximum absolute atomic E-state index is 12.6. The zero-order valence-electron chi connectivity index (χ0n) is 15.3. The van der Waals surface area contributed by atoms with Crippen LogP contribution in [0.3, 0.4) is 0 Å². The lowest BCUT2D eigenvalue weighted by Crippen LogP contribution is -2.40. The number of rotatable bonds is 8. The van der Waals surface area contributed by atoms with Gasteiger partial charge in [0.05, 0.1) is 5.75 Å². The fourth-order valence-electron chi connectivity index (χ4n) is 2.50. The van der Waals surface area contributed by atoms with Gasteiger partial charge in [-0.2, -0.15) is 11.8 Å². The first kappa shape index (κ1) is 19.8. The maximum Gasteiger partial charge on any atom is 0.265 e. The number of thioether (sulfide) groups is 1. The molecule has 0 heterocycles. The maximum atomic E-state index is 12.6. The lowest BCUT2D eigenvalue weighted by molar-refractivity contribution is -0.121. The Kier molecular flexibility index (Phi) is 7.53. The molecule has 0 bridgehead atoms. The van der Waals surface area contributed by atoms with E-state index >= 15 is 0 Å². The molecule has 0 saturated heterocycles. The van der Waals surface area contributed by atoms with Crippen LogP contribution in [0, 0.1) is 0 Å². The van der Waals surface area contributed by atoms with Gasteiger partial charge in [0, 0.05) is 17.4 Å². The summed E-state index contributed by atoms with van der Waals surface area (Å²) in [7, 11) is 0. The third-order valence-corrected chi connectivity index (χ3v) is 4.15. The van der Waals surface area contributed by atoms with Crippen LogP contribution in [0.5, 0.6) is 5.75 Å². The van der Waals surface area contributed by atoms with Gasteiger partial charge >= 0.3 is 0 Å². The molecule has 1 N–H and O–H groups in total. The van der Waals surface area contributed by atoms with Crippen molar-refractivity contribution in [3.05, 3.63) is 54.6 Å². The number of nitrogens with zero attached hydrogens (tertiary/aromatic N) is 1. The topological polar surface area (TPSA) is 58.6 Å². The van der Waals surface area contributed by atoms with Gasteiger partial charge in [0.15, 0.2) is 6.61 Å². The van der Waals surface area contributed by atoms with Gasteiger partial charge in [0.2, 0.25) is 5.91 Å². The van der Waals surface area contributed by atoms with Crippen molar-refractivity contribution in [2.45, 2.75) is 19.9 Å². The van der Waals surface area contributed by atoms with Gasteiger partial charge in [-0.05, 0) is 56.5 Å². The second kappa shape index (κ2) is 9.87. The van der Waals surface area contributed by atoms with Gasteiger partial charge in [-0.15, -0.1) is 0 Å². The predicted molar refractivity (Wildman–Crippen MR) is 108 cm³/mol. The van der Waals surface area contributed by atoms with Crippen molar-refractivity contribution < 1.29 is 14.3 Å². The lowest BCUT2D eigenvalue weighted by atomic mass is 10.2. The summed E-state index contributed by atoms with van der Waals surface area (Å²) in [5, 5.41) is 2.80. The number of para-hydroxylation sites is 1. The number of anilines is 2. The summed E-state index contributed by atoms with van der Waals surface area (Å²) in [5.74, 6) is 0.843. The Hall–Kier alpha value is -2.47. The van der Waals surface area contributed by atoms with E-state index in [0.29, 0.717) is 17.2 Å². The van der Waals surface area contributed by atoms with Crippen LogP contribution in [0.4, 0.5) is 11.4 Å². The zero-order chi connectivity index (χ0) is 18.9. The van der Waals surface area contributed by atoms with Crippen LogP contribution >= 0.6 is 11.8 Å². The summed E-state index contributed by atoms with van der Waals surface area (Å²) in [5.41, 5.74) is 1.55. The van der Waals surface area contributed by atoms with E-state index in [-0.39, 0.29) is 24.5 Å². The average Bonchev–Trinajstić information content (AvgIpc) is 2.62. The third-order valence-electron chi connectivity index (χ3n) is 3.60. The number of benzene rings is 2. The van der Waals surface area contributed by atoms with Crippen LogP contribution in [0.2, 0.25) is 0 Å². The molecule has 0 unspecified atom stereocenters. The smallest absolute Gasteiger partial charge is 0.265 e. The minimum Gasteiger partial charge on any atom is -0.484 e. The molecule has 0 radical (unpaired) electrons. The molecular weight excluding hydrogens is 348 g/mol. The quantitative estimate of drug-likeness (QED) is 0.765. The number of ether oxygens (including phenoxy) is 1. The Morgan fingerprint density at radius 2 is 1.73 bits per heavy atom. The molecule has 2 amide bonds. The monoisotopic (exact) mass is 372 g/mol. The summed E-state index contributed by atoms with van der Waals surface area (Å²) >= 11 is 1.47. The fourth-order valence-corrected chi connectivity index (χ4v) is 2.83. The molecule has 6 heteroatoms. The summed E-state index contributed by atoms with van der Waals surface area (Å²) in [6.07, 6.45) is 1.88. The zero-order valence-corrected chi connectivity index (χ0v) is 16.1. The molecule has 0 aromatic heterocycles. The van der Waals surface area contributed by atoms with Crippen molar-refractivity contribution in [1.82, 2.24) is 0 Å². The van der Waals surface area contributed by atoms with Gasteiger partial charge in [-0.25, -0.2) is 0 Å². The highest BCUT2D eigenvalue weighted by molar-refractivity contribution is 7.99. The average molecular weight is 372 g/mol. The van der Waals surface area contributed by atoms with E-state index in [9.17, 15) is 9.59 Å². The predicted octanol–water partition coefficient (Wildman–Crippen LogP) is 3.81. The minimum absolute atomic E-state index is 0.0301. The Labute approximate surface area is 158 Å². The van der Waals surface area contributed by atoms with Crippen LogP contribution in [0.25, 0.3) is 0 Å². The van der Waals surface area contributed by atoms with E-state index < -0.39 is 0 Å². The van der Waals surface area contributed by atoms with Gasteiger partial charge in [-0.3, -0.25) is 9.59 Å². The van der Waals surface area contributed by atoms with Crippen LogP contribution in [0.1, 0.15) is 13.8 Å². The number of carbonyl (C=O) groups excluding carboxylic acids is 2. The highest BCUT2D eigenvalue weighted by atomic mass is 32.2. The third kappa shape index (κ3) is 5.81. The number of hydrogen-bond donors (Lipinski definition) is 1. The van der Waals surface area contributed by atoms with Gasteiger partial charge in [0.25, 0.3) is 5.91 Å². The van der Waals surface area contributed by atoms with E-state index in [1.165, 1.54) is 11.8 Å². The summed E-state index contributed by atoms with van der Waals surface area (Å²) in [6, 6.07) is 16.6. The highest BCUT2D eigenvalue weighted by Gasteiger charge is 2.19. The van der Waals surface area contributed by atoms with Crippen molar-refractivity contribution in [1.29, 1.82) is 0 Å². The molecule has 0 aliphatic rings. The van der Waals surface area contributed by atoms with Crippen molar-refractivity contribution in [3.8, 4) is 5.75 Å². The summed E-state index contributed by atoms with van der Waals surface area (Å²) < 4.78 is 5.62. The number of amides is 2. The number of carbonyl (C=O) groups is 2. The lowest BCUT2D eigenvalue weighted by Gasteiger charge is -2.26. The second-order valence-corrected chi connectivity index (χ2v) is 6.85. The van der Waals surface area contributed by atoms with Gasteiger partial charge in [0.1, 0.15) is 5.75 Å². The molecule has 2 rings (SSSR count). The normalized spacial score (nSPS) is 10.5. The van der Waals surface area contributed by atoms with E-state index in [1.54, 1.807) is 29.2 Å². The first-order chi connectivity index (χ1) is 12.5. The Balaban J connectivity index is 1.94. The van der Waals surface area contributed by atoms with Crippen LogP contribution < -0.4 is 15.0 Å². The molecule has 0 atom stereocenters. The van der Waals surface area contributed by atoms with Crippen LogP contribution in [-0.4, -0.2) is 36.5 Å². The van der Waals surface area contributed by atoms with Crippen molar-refractivity contribution >= 4 is 35.0 Å². The molecule has 138 valence electrons. The van der Waals surface area contributed by atoms with Gasteiger partial charge in [-0.1, -0.05) is 18.2 Å². The number of hydrogen-bond acceptors (Lipinski definition) is 4. The molecule has 2 aromatic carbocycles. The molecule has 5 nitrogen and oxygen atoms in total. The Bertz CT molecular complexity index is 718. The molecule has 0 fully saturated rings. The van der Waals surface area contributed by atoms with Gasteiger partial charge < -0.3 is 15.0 Å². The largest absolute Gasteiger partial charge is 0.484 e. The first-order valence-electron chi connectivity index (χ1n) is 8.40. The molecule has 0 spiro atoms. The molecule has 26 heavy (non-hydrogen) atoms. The fraction of sp³-hybridized carbons (Fsp3) is 0.300. The van der Waals surface area contributed by atoms with E-state index in [0.717, 1.165) is 5.69 Å². The SMILES string of the molecule is CSCC(=O)Nc1ccc(OCC(=O)N(c2ccccc2)C(C)C)cc1. The molecule has 2 aromatic rings. The van der Waals surface area contributed by atoms with Crippen molar-refractivity contribution in [3.63, 3.8) is 0 Å². The Morgan fingerprint density at radius 3 is 2.31 bits per heavy atom.